The van der Waals surface area contributed by atoms with Gasteiger partial charge in [-0.1, -0.05) is 23.7 Å². The van der Waals surface area contributed by atoms with E-state index in [1.807, 2.05) is 24.3 Å². The van der Waals surface area contributed by atoms with Crippen LogP contribution in [0.2, 0.25) is 5.02 Å². The summed E-state index contributed by atoms with van der Waals surface area (Å²) in [6.45, 7) is 0. The lowest BCUT2D eigenvalue weighted by atomic mass is 10.1. The Morgan fingerprint density at radius 1 is 1.05 bits per heavy atom. The quantitative estimate of drug-likeness (QED) is 0.782. The Kier molecular flexibility index (Phi) is 3.16. The summed E-state index contributed by atoms with van der Waals surface area (Å²) in [5.41, 5.74) is 8.86. The number of anilines is 1. The van der Waals surface area contributed by atoms with Gasteiger partial charge in [-0.15, -0.1) is 0 Å². The van der Waals surface area contributed by atoms with Crippen molar-refractivity contribution < 1.29 is 4.74 Å². The van der Waals surface area contributed by atoms with E-state index in [1.165, 1.54) is 0 Å². The molecule has 20 heavy (non-hydrogen) atoms. The summed E-state index contributed by atoms with van der Waals surface area (Å²) < 4.78 is 5.34. The number of benzene rings is 2. The fraction of sp³-hybridized carbons (Fsp3) is 0.0667. The van der Waals surface area contributed by atoms with Crippen LogP contribution in [0, 0.1) is 0 Å². The molecule has 2 aromatic carbocycles. The fourth-order valence-electron chi connectivity index (χ4n) is 2.08. The van der Waals surface area contributed by atoms with Gasteiger partial charge >= 0.3 is 0 Å². The molecule has 5 heteroatoms. The lowest BCUT2D eigenvalue weighted by Crippen LogP contribution is -1.99. The average Bonchev–Trinajstić information content (AvgIpc) is 2.46. The van der Waals surface area contributed by atoms with Crippen molar-refractivity contribution in [2.24, 2.45) is 0 Å². The van der Waals surface area contributed by atoms with E-state index in [9.17, 15) is 0 Å². The molecular weight excluding hydrogens is 274 g/mol. The minimum atomic E-state index is 0.351. The van der Waals surface area contributed by atoms with E-state index in [4.69, 9.17) is 22.1 Å². The van der Waals surface area contributed by atoms with Crippen LogP contribution >= 0.6 is 11.6 Å². The predicted molar refractivity (Wildman–Crippen MR) is 80.9 cm³/mol. The molecule has 3 rings (SSSR count). The molecule has 0 aliphatic rings. The van der Waals surface area contributed by atoms with Gasteiger partial charge in [-0.05, 0) is 30.3 Å². The third kappa shape index (κ3) is 2.14. The van der Waals surface area contributed by atoms with Crippen LogP contribution in [0.15, 0.2) is 42.5 Å². The first-order valence-corrected chi connectivity index (χ1v) is 6.43. The zero-order chi connectivity index (χ0) is 14.1. The third-order valence-corrected chi connectivity index (χ3v) is 3.25. The summed E-state index contributed by atoms with van der Waals surface area (Å²) in [6, 6.07) is 12.9. The Bertz CT molecular complexity index is 789. The van der Waals surface area contributed by atoms with Crippen molar-refractivity contribution in [2.75, 3.05) is 12.8 Å². The van der Waals surface area contributed by atoms with Crippen LogP contribution in [0.1, 0.15) is 0 Å². The minimum Gasteiger partial charge on any atom is -0.496 e. The largest absolute Gasteiger partial charge is 0.496 e. The maximum atomic E-state index is 6.05. The zero-order valence-electron chi connectivity index (χ0n) is 10.8. The van der Waals surface area contributed by atoms with E-state index in [0.717, 1.165) is 16.6 Å². The summed E-state index contributed by atoms with van der Waals surface area (Å²) in [4.78, 5) is 8.94. The molecule has 0 aliphatic heterocycles. The lowest BCUT2D eigenvalue weighted by Gasteiger charge is -2.11. The van der Waals surface area contributed by atoms with Crippen molar-refractivity contribution in [3.63, 3.8) is 0 Å². The number of para-hydroxylation sites is 2. The van der Waals surface area contributed by atoms with Gasteiger partial charge in [0.1, 0.15) is 11.4 Å². The Balaban J connectivity index is 2.28. The summed E-state index contributed by atoms with van der Waals surface area (Å²) >= 11 is 6.05. The second-order valence-corrected chi connectivity index (χ2v) is 4.73. The molecular formula is C15H12ClN3O. The number of hydrogen-bond donors (Lipinski definition) is 1. The molecule has 0 amide bonds. The van der Waals surface area contributed by atoms with Crippen LogP contribution in [0.5, 0.6) is 5.75 Å². The third-order valence-electron chi connectivity index (χ3n) is 3.01. The van der Waals surface area contributed by atoms with E-state index in [2.05, 4.69) is 9.97 Å². The summed E-state index contributed by atoms with van der Waals surface area (Å²) in [7, 11) is 1.59. The summed E-state index contributed by atoms with van der Waals surface area (Å²) in [5.74, 6) is 1.01. The fourth-order valence-corrected chi connectivity index (χ4v) is 2.25. The molecule has 0 aliphatic carbocycles. The van der Waals surface area contributed by atoms with Gasteiger partial charge in [-0.2, -0.15) is 0 Å². The monoisotopic (exact) mass is 285 g/mol. The molecule has 100 valence electrons. The number of methoxy groups -OCH3 is 1. The second-order valence-electron chi connectivity index (χ2n) is 4.29. The molecule has 3 aromatic rings. The van der Waals surface area contributed by atoms with Gasteiger partial charge < -0.3 is 10.5 Å². The highest BCUT2D eigenvalue weighted by Gasteiger charge is 2.13. The molecule has 0 atom stereocenters. The van der Waals surface area contributed by atoms with E-state index in [-0.39, 0.29) is 0 Å². The van der Waals surface area contributed by atoms with E-state index >= 15 is 0 Å². The normalized spacial score (nSPS) is 10.7. The van der Waals surface area contributed by atoms with Crippen molar-refractivity contribution in [1.82, 2.24) is 9.97 Å². The van der Waals surface area contributed by atoms with Gasteiger partial charge in [0.05, 0.1) is 18.1 Å². The predicted octanol–water partition coefficient (Wildman–Crippen LogP) is 3.54. The summed E-state index contributed by atoms with van der Waals surface area (Å²) in [6.07, 6.45) is 0. The Hall–Kier alpha value is -2.33. The van der Waals surface area contributed by atoms with E-state index < -0.39 is 0 Å². The SMILES string of the molecule is COc1ccc(Cl)cc1-c1nc2ccccc2nc1N. The van der Waals surface area contributed by atoms with Crippen LogP contribution in [0.3, 0.4) is 0 Å². The molecule has 0 unspecified atom stereocenters. The number of nitrogens with zero attached hydrogens (tertiary/aromatic N) is 2. The number of nitrogen functional groups attached to an aromatic ring is 1. The van der Waals surface area contributed by atoms with Crippen LogP contribution < -0.4 is 10.5 Å². The van der Waals surface area contributed by atoms with Crippen molar-refractivity contribution in [3.8, 4) is 17.0 Å². The highest BCUT2D eigenvalue weighted by molar-refractivity contribution is 6.31. The molecule has 0 fully saturated rings. The maximum absolute atomic E-state index is 6.05. The lowest BCUT2D eigenvalue weighted by molar-refractivity contribution is 0.416. The van der Waals surface area contributed by atoms with E-state index in [0.29, 0.717) is 22.3 Å². The van der Waals surface area contributed by atoms with Crippen LogP contribution in [-0.2, 0) is 0 Å². The number of rotatable bonds is 2. The first-order valence-electron chi connectivity index (χ1n) is 6.05. The number of ether oxygens (including phenoxy) is 1. The van der Waals surface area contributed by atoms with Crippen molar-refractivity contribution in [3.05, 3.63) is 47.5 Å². The zero-order valence-corrected chi connectivity index (χ0v) is 11.6. The standard InChI is InChI=1S/C15H12ClN3O/c1-20-13-7-6-9(16)8-10(13)14-15(17)19-12-5-3-2-4-11(12)18-14/h2-8H,1H3,(H2,17,19). The van der Waals surface area contributed by atoms with Gasteiger partial charge in [-0.25, -0.2) is 9.97 Å². The molecule has 1 heterocycles. The highest BCUT2D eigenvalue weighted by atomic mass is 35.5. The van der Waals surface area contributed by atoms with Crippen LogP contribution in [0.25, 0.3) is 22.3 Å². The van der Waals surface area contributed by atoms with Gasteiger partial charge in [-0.3, -0.25) is 0 Å². The highest BCUT2D eigenvalue weighted by Crippen LogP contribution is 2.34. The Morgan fingerprint density at radius 3 is 2.45 bits per heavy atom. The number of hydrogen-bond acceptors (Lipinski definition) is 4. The molecule has 2 N–H and O–H groups in total. The van der Waals surface area contributed by atoms with Crippen molar-refractivity contribution >= 4 is 28.5 Å². The minimum absolute atomic E-state index is 0.351. The second kappa shape index (κ2) is 4.98. The van der Waals surface area contributed by atoms with Crippen molar-refractivity contribution in [2.45, 2.75) is 0 Å². The molecule has 0 radical (unpaired) electrons. The van der Waals surface area contributed by atoms with Gasteiger partial charge in [0.25, 0.3) is 0 Å². The molecule has 0 saturated heterocycles. The topological polar surface area (TPSA) is 61.0 Å². The molecule has 4 nitrogen and oxygen atoms in total. The average molecular weight is 286 g/mol. The maximum Gasteiger partial charge on any atom is 0.150 e. The molecule has 1 aromatic heterocycles. The van der Waals surface area contributed by atoms with Gasteiger partial charge in [0.15, 0.2) is 5.82 Å². The van der Waals surface area contributed by atoms with Gasteiger partial charge in [0.2, 0.25) is 0 Å². The molecule has 0 bridgehead atoms. The van der Waals surface area contributed by atoms with Crippen molar-refractivity contribution in [1.29, 1.82) is 0 Å². The van der Waals surface area contributed by atoms with Crippen LogP contribution in [-0.4, -0.2) is 17.1 Å². The Morgan fingerprint density at radius 2 is 1.75 bits per heavy atom. The van der Waals surface area contributed by atoms with Gasteiger partial charge in [0, 0.05) is 10.6 Å². The van der Waals surface area contributed by atoms with E-state index in [1.54, 1.807) is 25.3 Å². The van der Waals surface area contributed by atoms with Crippen LogP contribution in [0.4, 0.5) is 5.82 Å². The number of aromatic nitrogens is 2. The molecule has 0 saturated carbocycles. The number of halogens is 1. The first kappa shape index (κ1) is 12.7. The smallest absolute Gasteiger partial charge is 0.150 e. The number of nitrogens with two attached hydrogens (primary N) is 1. The summed E-state index contributed by atoms with van der Waals surface area (Å²) in [5, 5.41) is 0.593. The number of fused-ring (bicyclic) bond motifs is 1. The molecule has 0 spiro atoms. The first-order chi connectivity index (χ1) is 9.69. The Labute approximate surface area is 121 Å².